The Morgan fingerprint density at radius 3 is 1.47 bits per heavy atom. The van der Waals surface area contributed by atoms with Gasteiger partial charge in [-0.2, -0.15) is 0 Å². The Bertz CT molecular complexity index is 1060. The molecule has 13 heteroatoms. The smallest absolute Gasteiger partial charge is 0.115 e. The van der Waals surface area contributed by atoms with Gasteiger partial charge in [0.05, 0.1) is 48.4 Å². The number of phenols is 2. The van der Waals surface area contributed by atoms with E-state index in [0.717, 1.165) is 18.4 Å². The first-order chi connectivity index (χ1) is 20.2. The van der Waals surface area contributed by atoms with Crippen LogP contribution in [0.2, 0.25) is 0 Å². The van der Waals surface area contributed by atoms with Crippen LogP contribution in [0.15, 0.2) is 48.5 Å². The molecule has 0 fully saturated rings. The van der Waals surface area contributed by atoms with E-state index in [1.54, 1.807) is 36.4 Å². The van der Waals surface area contributed by atoms with Crippen molar-refractivity contribution >= 4 is 24.3 Å². The molecule has 0 bridgehead atoms. The van der Waals surface area contributed by atoms with Crippen molar-refractivity contribution in [2.45, 2.75) is 57.0 Å². The monoisotopic (exact) mass is 659 g/mol. The first-order valence-corrected chi connectivity index (χ1v) is 14.5. The highest BCUT2D eigenvalue weighted by Crippen LogP contribution is 2.17. The largest absolute Gasteiger partial charge is 0.550 e. The molecule has 258 valence electrons. The van der Waals surface area contributed by atoms with Crippen LogP contribution in [0.25, 0.3) is 0 Å². The summed E-state index contributed by atoms with van der Waals surface area (Å²) >= 11 is 0. The molecule has 45 heavy (non-hydrogen) atoms. The molecule has 0 heterocycles. The second-order valence-electron chi connectivity index (χ2n) is 13.0. The number of likely N-dealkylation sites (N-methyl/N-ethyl adjacent to an activating group) is 2. The normalized spacial score (nSPS) is 13.8. The zero-order valence-corrected chi connectivity index (χ0v) is 28.4. The number of rotatable bonds is 15. The van der Waals surface area contributed by atoms with Gasteiger partial charge in [-0.3, -0.25) is 0 Å². The molecule has 0 aliphatic heterocycles. The third-order valence-electron chi connectivity index (χ3n) is 6.06. The van der Waals surface area contributed by atoms with Crippen molar-refractivity contribution < 1.29 is 54.3 Å². The Kier molecular flexibility index (Phi) is 21.3. The molecular weight excluding hydrogens is 606 g/mol. The number of aryl methyl sites for hydroxylation is 1. The molecule has 0 radical (unpaired) electrons. The summed E-state index contributed by atoms with van der Waals surface area (Å²) < 4.78 is 1.10. The van der Waals surface area contributed by atoms with Gasteiger partial charge in [0.25, 0.3) is 0 Å². The van der Waals surface area contributed by atoms with Crippen molar-refractivity contribution in [2.75, 3.05) is 61.9 Å². The highest BCUT2D eigenvalue weighted by Gasteiger charge is 2.16. The number of benzene rings is 2. The Hall–Kier alpha value is -2.97. The summed E-state index contributed by atoms with van der Waals surface area (Å²) in [7, 11) is 11.3. The molecule has 6 N–H and O–H groups in total. The molecule has 0 aromatic heterocycles. The number of phenolic OH excluding ortho intramolecular Hbond substituents is 2. The average molecular weight is 660 g/mol. The van der Waals surface area contributed by atoms with Crippen molar-refractivity contribution in [1.82, 2.24) is 5.32 Å². The van der Waals surface area contributed by atoms with Crippen molar-refractivity contribution in [3.63, 3.8) is 0 Å². The molecule has 0 saturated heterocycles. The lowest BCUT2D eigenvalue weighted by Crippen LogP contribution is -2.43. The highest BCUT2D eigenvalue weighted by molar-refractivity contribution is 5.85. The van der Waals surface area contributed by atoms with Crippen LogP contribution in [0.1, 0.15) is 43.4 Å². The van der Waals surface area contributed by atoms with Gasteiger partial charge in [0.15, 0.2) is 0 Å². The summed E-state index contributed by atoms with van der Waals surface area (Å²) in [6.07, 6.45) is -0.890. The molecule has 2 rings (SSSR count). The van der Waals surface area contributed by atoms with E-state index >= 15 is 0 Å². The Morgan fingerprint density at radius 1 is 0.733 bits per heavy atom. The van der Waals surface area contributed by atoms with Crippen molar-refractivity contribution in [3.05, 3.63) is 59.7 Å². The number of carbonyl (C=O) groups is 2. The Labute approximate surface area is 273 Å². The molecule has 0 aliphatic carbocycles. The van der Waals surface area contributed by atoms with Gasteiger partial charge in [-0.05, 0) is 55.2 Å². The number of carbonyl (C=O) groups excluding carboxylic acids is 2. The number of carboxylic acids is 2. The fraction of sp³-hybridized carbons (Fsp3) is 0.562. The van der Waals surface area contributed by atoms with Gasteiger partial charge in [-0.15, -0.1) is 12.4 Å². The lowest BCUT2D eigenvalue weighted by atomic mass is 10.1. The predicted molar refractivity (Wildman–Crippen MR) is 171 cm³/mol. The first-order valence-electron chi connectivity index (χ1n) is 14.5. The van der Waals surface area contributed by atoms with E-state index in [0.29, 0.717) is 28.6 Å². The number of nitrogens with zero attached hydrogens (tertiary/aromatic N) is 2. The number of nitrogens with one attached hydrogen (secondary N) is 1. The van der Waals surface area contributed by atoms with Crippen LogP contribution in [0, 0.1) is 0 Å². The van der Waals surface area contributed by atoms with Crippen LogP contribution in [0.4, 0.5) is 0 Å². The van der Waals surface area contributed by atoms with Gasteiger partial charge in [-0.25, -0.2) is 0 Å². The van der Waals surface area contributed by atoms with Gasteiger partial charge >= 0.3 is 0 Å². The number of aliphatic carboxylic acids is 2. The molecule has 0 saturated carbocycles. The van der Waals surface area contributed by atoms with Crippen molar-refractivity contribution in [2.24, 2.45) is 0 Å². The molecule has 2 aromatic carbocycles. The molecule has 4 atom stereocenters. The molecule has 0 amide bonds. The minimum atomic E-state index is -1.20. The quantitative estimate of drug-likeness (QED) is 0.136. The standard InChI is InChI=1S/C18H23NO3.2C7H15NO3.ClH/c1-13(2-3-14-4-8-16(20)9-5-14)19-12-18(22)15-6-10-17(21)11-7-15;2*1-8(2,3)5-6(9)4-7(10)11;/h4-11,13,18-22H,2-3,12H2,1H3;2*6,9H,4-5H2,1-3H3;1H. The summed E-state index contributed by atoms with van der Waals surface area (Å²) in [5, 5.41) is 70.2. The predicted octanol–water partition coefficient (Wildman–Crippen LogP) is -0.449. The van der Waals surface area contributed by atoms with Crippen LogP contribution in [0.3, 0.4) is 0 Å². The summed E-state index contributed by atoms with van der Waals surface area (Å²) in [6, 6.07) is 14.1. The minimum absolute atomic E-state index is 0. The number of hydrogen-bond acceptors (Lipinski definition) is 10. The van der Waals surface area contributed by atoms with Crippen LogP contribution >= 0.6 is 12.4 Å². The maximum atomic E-state index is 10.1. The number of hydrogen-bond donors (Lipinski definition) is 6. The number of carboxylic acid groups (broad SMARTS) is 2. The Morgan fingerprint density at radius 2 is 1.11 bits per heavy atom. The van der Waals surface area contributed by atoms with E-state index in [4.69, 9.17) is 10.2 Å². The number of aliphatic hydroxyl groups excluding tert-OH is 3. The topological polar surface area (TPSA) is 193 Å². The summed E-state index contributed by atoms with van der Waals surface area (Å²) in [4.78, 5) is 20.0. The Balaban J connectivity index is 0. The van der Waals surface area contributed by atoms with Crippen LogP contribution in [-0.4, -0.2) is 127 Å². The van der Waals surface area contributed by atoms with Gasteiger partial charge in [0.1, 0.15) is 36.8 Å². The number of quaternary nitrogens is 2. The second kappa shape index (κ2) is 21.7. The molecular formula is C32H54ClN3O9. The van der Waals surface area contributed by atoms with Crippen LogP contribution in [0.5, 0.6) is 11.5 Å². The van der Waals surface area contributed by atoms with E-state index in [1.165, 1.54) is 5.56 Å². The average Bonchev–Trinajstić information content (AvgIpc) is 2.85. The number of aliphatic hydroxyl groups is 3. The molecule has 4 unspecified atom stereocenters. The fourth-order valence-electron chi connectivity index (χ4n) is 4.05. The summed E-state index contributed by atoms with van der Waals surface area (Å²) in [5.41, 5.74) is 1.97. The number of halogens is 1. The first kappa shape index (κ1) is 44.2. The molecule has 0 aliphatic rings. The van der Waals surface area contributed by atoms with Gasteiger partial charge in [0, 0.05) is 37.4 Å². The minimum Gasteiger partial charge on any atom is -0.550 e. The van der Waals surface area contributed by atoms with Crippen molar-refractivity contribution in [1.29, 1.82) is 0 Å². The summed E-state index contributed by atoms with van der Waals surface area (Å²) in [6.45, 7) is 3.41. The second-order valence-corrected chi connectivity index (χ2v) is 13.0. The summed E-state index contributed by atoms with van der Waals surface area (Å²) in [5.74, 6) is -1.92. The maximum Gasteiger partial charge on any atom is 0.115 e. The van der Waals surface area contributed by atoms with E-state index in [2.05, 4.69) is 12.2 Å². The highest BCUT2D eigenvalue weighted by atomic mass is 35.5. The van der Waals surface area contributed by atoms with E-state index in [1.807, 2.05) is 54.4 Å². The van der Waals surface area contributed by atoms with Gasteiger partial charge < -0.3 is 59.6 Å². The van der Waals surface area contributed by atoms with Crippen molar-refractivity contribution in [3.8, 4) is 11.5 Å². The van der Waals surface area contributed by atoms with Crippen LogP contribution < -0.4 is 15.5 Å². The lowest BCUT2D eigenvalue weighted by molar-refractivity contribution is -0.873. The van der Waals surface area contributed by atoms with Gasteiger partial charge in [0.2, 0.25) is 0 Å². The number of aromatic hydroxyl groups is 2. The van der Waals surface area contributed by atoms with Crippen LogP contribution in [-0.2, 0) is 16.0 Å². The lowest BCUT2D eigenvalue weighted by Gasteiger charge is -2.26. The fourth-order valence-corrected chi connectivity index (χ4v) is 4.05. The maximum absolute atomic E-state index is 10.1. The molecule has 2 aromatic rings. The van der Waals surface area contributed by atoms with E-state index < -0.39 is 30.3 Å². The third kappa shape index (κ3) is 26.0. The SMILES string of the molecule is CC(CCc1ccc(O)cc1)NCC(O)c1ccc(O)cc1.C[N+](C)(C)CC(O)CC(=O)[O-].C[N+](C)(C)CC(O)CC(=O)[O-].Cl. The van der Waals surface area contributed by atoms with E-state index in [9.17, 15) is 35.1 Å². The zero-order valence-electron chi connectivity index (χ0n) is 27.5. The third-order valence-corrected chi connectivity index (χ3v) is 6.06. The molecule has 0 spiro atoms. The van der Waals surface area contributed by atoms with E-state index in [-0.39, 0.29) is 42.8 Å². The zero-order chi connectivity index (χ0) is 34.1. The molecule has 12 nitrogen and oxygen atoms in total. The van der Waals surface area contributed by atoms with Gasteiger partial charge in [-0.1, -0.05) is 24.3 Å².